The fourth-order valence-corrected chi connectivity index (χ4v) is 2.23. The normalized spacial score (nSPS) is 10.5. The molecule has 0 radical (unpaired) electrons. The van der Waals surface area contributed by atoms with Crippen molar-refractivity contribution in [2.45, 2.75) is 6.54 Å². The average molecular weight is 242 g/mol. The molecular formula is C9H8ClN3OS. The molecule has 78 valence electrons. The molecule has 0 atom stereocenters. The summed E-state index contributed by atoms with van der Waals surface area (Å²) in [5.41, 5.74) is 5.32. The van der Waals surface area contributed by atoms with Gasteiger partial charge in [0, 0.05) is 10.9 Å². The number of thiophene rings is 1. The van der Waals surface area contributed by atoms with Crippen molar-refractivity contribution in [1.82, 2.24) is 9.78 Å². The molecular weight excluding hydrogens is 234 g/mol. The minimum atomic E-state index is -0.172. The standard InChI is InChI=1S/C9H8ClN3OS/c10-7-2-1-6(15-7)5-13-9(14)4-3-8(11)12-13/h1-4H,5H2,(H2,11,12). The maximum Gasteiger partial charge on any atom is 0.267 e. The summed E-state index contributed by atoms with van der Waals surface area (Å²) >= 11 is 7.21. The zero-order valence-corrected chi connectivity index (χ0v) is 9.26. The molecule has 2 heterocycles. The third-order valence-corrected chi connectivity index (χ3v) is 3.04. The van der Waals surface area contributed by atoms with Crippen LogP contribution in [-0.4, -0.2) is 9.78 Å². The average Bonchev–Trinajstić information content (AvgIpc) is 2.58. The Bertz CT molecular complexity index is 534. The largest absolute Gasteiger partial charge is 0.382 e. The lowest BCUT2D eigenvalue weighted by Crippen LogP contribution is -2.22. The minimum absolute atomic E-state index is 0.172. The Morgan fingerprint density at radius 3 is 2.87 bits per heavy atom. The quantitative estimate of drug-likeness (QED) is 0.869. The summed E-state index contributed by atoms with van der Waals surface area (Å²) in [4.78, 5) is 12.4. The van der Waals surface area contributed by atoms with Crippen LogP contribution in [0.3, 0.4) is 0 Å². The van der Waals surface area contributed by atoms with Gasteiger partial charge in [0.2, 0.25) is 0 Å². The van der Waals surface area contributed by atoms with Gasteiger partial charge in [0.05, 0.1) is 10.9 Å². The maximum absolute atomic E-state index is 11.4. The lowest BCUT2D eigenvalue weighted by molar-refractivity contribution is 0.651. The molecule has 4 nitrogen and oxygen atoms in total. The highest BCUT2D eigenvalue weighted by molar-refractivity contribution is 7.16. The molecule has 0 aliphatic rings. The van der Waals surface area contributed by atoms with Gasteiger partial charge in [0.15, 0.2) is 0 Å². The van der Waals surface area contributed by atoms with Crippen LogP contribution in [0.5, 0.6) is 0 Å². The van der Waals surface area contributed by atoms with Crippen molar-refractivity contribution in [2.24, 2.45) is 0 Å². The van der Waals surface area contributed by atoms with E-state index in [1.165, 1.54) is 28.2 Å². The van der Waals surface area contributed by atoms with Gasteiger partial charge in [-0.15, -0.1) is 11.3 Å². The zero-order valence-electron chi connectivity index (χ0n) is 7.68. The van der Waals surface area contributed by atoms with Crippen LogP contribution in [0.1, 0.15) is 4.88 Å². The predicted molar refractivity (Wildman–Crippen MR) is 61.3 cm³/mol. The van der Waals surface area contributed by atoms with Crippen molar-refractivity contribution >= 4 is 28.8 Å². The molecule has 0 aliphatic heterocycles. The Kier molecular flexibility index (Phi) is 2.75. The first kappa shape index (κ1) is 10.2. The Hall–Kier alpha value is -1.33. The molecule has 2 aromatic heterocycles. The summed E-state index contributed by atoms with van der Waals surface area (Å²) in [6.45, 7) is 0.404. The van der Waals surface area contributed by atoms with Gasteiger partial charge in [-0.05, 0) is 18.2 Å². The van der Waals surface area contributed by atoms with Crippen LogP contribution in [0.15, 0.2) is 29.1 Å². The van der Waals surface area contributed by atoms with Crippen molar-refractivity contribution < 1.29 is 0 Å². The highest BCUT2D eigenvalue weighted by Gasteiger charge is 2.02. The van der Waals surface area contributed by atoms with Gasteiger partial charge in [0.25, 0.3) is 5.56 Å². The third kappa shape index (κ3) is 2.37. The number of aromatic nitrogens is 2. The first-order valence-corrected chi connectivity index (χ1v) is 5.42. The number of nitrogens with zero attached hydrogens (tertiary/aromatic N) is 2. The van der Waals surface area contributed by atoms with Crippen LogP contribution in [0.25, 0.3) is 0 Å². The molecule has 2 N–H and O–H groups in total. The highest BCUT2D eigenvalue weighted by atomic mass is 35.5. The smallest absolute Gasteiger partial charge is 0.267 e. The Labute approximate surface area is 94.9 Å². The van der Waals surface area contributed by atoms with Crippen molar-refractivity contribution in [3.8, 4) is 0 Å². The molecule has 0 fully saturated rings. The second-order valence-corrected chi connectivity index (χ2v) is 4.76. The van der Waals surface area contributed by atoms with E-state index in [2.05, 4.69) is 5.10 Å². The lowest BCUT2D eigenvalue weighted by Gasteiger charge is -2.02. The molecule has 0 bridgehead atoms. The summed E-state index contributed by atoms with van der Waals surface area (Å²) in [7, 11) is 0. The Balaban J connectivity index is 2.31. The van der Waals surface area contributed by atoms with E-state index >= 15 is 0 Å². The molecule has 0 aliphatic carbocycles. The van der Waals surface area contributed by atoms with Crippen molar-refractivity contribution in [1.29, 1.82) is 0 Å². The number of hydrogen-bond acceptors (Lipinski definition) is 4. The molecule has 0 saturated heterocycles. The van der Waals surface area contributed by atoms with Crippen LogP contribution in [0.2, 0.25) is 4.34 Å². The fraction of sp³-hybridized carbons (Fsp3) is 0.111. The van der Waals surface area contributed by atoms with Crippen molar-refractivity contribution in [3.63, 3.8) is 0 Å². The first-order chi connectivity index (χ1) is 7.15. The summed E-state index contributed by atoms with van der Waals surface area (Å²) < 4.78 is 2.01. The van der Waals surface area contributed by atoms with E-state index in [9.17, 15) is 4.79 Å². The second kappa shape index (κ2) is 4.04. The maximum atomic E-state index is 11.4. The van der Waals surface area contributed by atoms with Gasteiger partial charge in [-0.3, -0.25) is 4.79 Å². The molecule has 0 amide bonds. The summed E-state index contributed by atoms with van der Waals surface area (Å²) in [6, 6.07) is 6.54. The topological polar surface area (TPSA) is 60.9 Å². The van der Waals surface area contributed by atoms with Gasteiger partial charge in [-0.1, -0.05) is 11.6 Å². The van der Waals surface area contributed by atoms with Crippen LogP contribution in [0.4, 0.5) is 5.82 Å². The molecule has 0 unspecified atom stereocenters. The molecule has 0 saturated carbocycles. The molecule has 0 aromatic carbocycles. The van der Waals surface area contributed by atoms with Crippen LogP contribution >= 0.6 is 22.9 Å². The van der Waals surface area contributed by atoms with E-state index in [-0.39, 0.29) is 5.56 Å². The monoisotopic (exact) mass is 241 g/mol. The molecule has 6 heteroatoms. The number of hydrogen-bond donors (Lipinski definition) is 1. The molecule has 0 spiro atoms. The van der Waals surface area contributed by atoms with Crippen molar-refractivity contribution in [2.75, 3.05) is 5.73 Å². The van der Waals surface area contributed by atoms with Crippen LogP contribution < -0.4 is 11.3 Å². The van der Waals surface area contributed by atoms with E-state index < -0.39 is 0 Å². The Morgan fingerprint density at radius 2 is 2.20 bits per heavy atom. The molecule has 2 aromatic rings. The summed E-state index contributed by atoms with van der Waals surface area (Å²) in [6.07, 6.45) is 0. The lowest BCUT2D eigenvalue weighted by atomic mass is 10.4. The van der Waals surface area contributed by atoms with Crippen LogP contribution in [-0.2, 0) is 6.54 Å². The zero-order chi connectivity index (χ0) is 10.8. The van der Waals surface area contributed by atoms with E-state index in [1.54, 1.807) is 6.07 Å². The van der Waals surface area contributed by atoms with Crippen LogP contribution in [0, 0.1) is 0 Å². The fourth-order valence-electron chi connectivity index (χ4n) is 1.16. The number of rotatable bonds is 2. The number of anilines is 1. The van der Waals surface area contributed by atoms with Gasteiger partial charge in [-0.25, -0.2) is 4.68 Å². The highest BCUT2D eigenvalue weighted by Crippen LogP contribution is 2.21. The second-order valence-electron chi connectivity index (χ2n) is 2.96. The van der Waals surface area contributed by atoms with E-state index in [4.69, 9.17) is 17.3 Å². The summed E-state index contributed by atoms with van der Waals surface area (Å²) in [5, 5.41) is 3.92. The first-order valence-electron chi connectivity index (χ1n) is 4.23. The SMILES string of the molecule is Nc1ccc(=O)n(Cc2ccc(Cl)s2)n1. The number of nitrogens with two attached hydrogens (primary N) is 1. The van der Waals surface area contributed by atoms with E-state index in [0.29, 0.717) is 16.7 Å². The molecule has 2 rings (SSSR count). The molecule has 15 heavy (non-hydrogen) atoms. The van der Waals surface area contributed by atoms with E-state index in [0.717, 1.165) is 4.88 Å². The Morgan fingerprint density at radius 1 is 1.40 bits per heavy atom. The van der Waals surface area contributed by atoms with Crippen molar-refractivity contribution in [3.05, 3.63) is 43.8 Å². The number of nitrogen functional groups attached to an aromatic ring is 1. The number of halogens is 1. The third-order valence-electron chi connectivity index (χ3n) is 1.82. The van der Waals surface area contributed by atoms with Gasteiger partial charge < -0.3 is 5.73 Å². The predicted octanol–water partition coefficient (Wildman–Crippen LogP) is 1.59. The van der Waals surface area contributed by atoms with Gasteiger partial charge in [0.1, 0.15) is 5.82 Å². The van der Waals surface area contributed by atoms with E-state index in [1.807, 2.05) is 6.07 Å². The summed E-state index contributed by atoms with van der Waals surface area (Å²) in [5.74, 6) is 0.331. The van der Waals surface area contributed by atoms with Gasteiger partial charge in [-0.2, -0.15) is 5.10 Å². The minimum Gasteiger partial charge on any atom is -0.382 e. The van der Waals surface area contributed by atoms with Gasteiger partial charge >= 0.3 is 0 Å².